The Morgan fingerprint density at radius 1 is 1.17 bits per heavy atom. The van der Waals surface area contributed by atoms with Crippen molar-refractivity contribution >= 4 is 28.6 Å². The van der Waals surface area contributed by atoms with Crippen molar-refractivity contribution in [3.63, 3.8) is 0 Å². The fourth-order valence-corrected chi connectivity index (χ4v) is 5.14. The Bertz CT molecular complexity index is 848. The lowest BCUT2D eigenvalue weighted by Crippen LogP contribution is -2.39. The number of rotatable bonds is 6. The normalized spacial score (nSPS) is 20.0. The first-order chi connectivity index (χ1) is 14.7. The third kappa shape index (κ3) is 5.71. The lowest BCUT2D eigenvalue weighted by atomic mass is 10.1. The number of carbonyl (C=O) groups is 1. The molecule has 2 aliphatic rings. The highest BCUT2D eigenvalue weighted by atomic mass is 32.2. The van der Waals surface area contributed by atoms with Gasteiger partial charge < -0.3 is 10.1 Å². The van der Waals surface area contributed by atoms with Gasteiger partial charge in [-0.3, -0.25) is 9.69 Å². The summed E-state index contributed by atoms with van der Waals surface area (Å²) in [5.74, 6) is 0.929. The van der Waals surface area contributed by atoms with E-state index in [1.807, 2.05) is 31.2 Å². The van der Waals surface area contributed by atoms with E-state index in [0.717, 1.165) is 60.9 Å². The minimum Gasteiger partial charge on any atom is -0.379 e. The molecule has 1 saturated heterocycles. The molecular weight excluding hydrogens is 396 g/mol. The minimum atomic E-state index is -0.192. The van der Waals surface area contributed by atoms with E-state index in [2.05, 4.69) is 10.2 Å². The first-order valence-corrected chi connectivity index (χ1v) is 12.1. The third-order valence-electron chi connectivity index (χ3n) is 5.94. The summed E-state index contributed by atoms with van der Waals surface area (Å²) in [7, 11) is 0. The average molecular weight is 429 g/mol. The van der Waals surface area contributed by atoms with Crippen LogP contribution in [0.5, 0.6) is 0 Å². The molecule has 1 aromatic heterocycles. The Morgan fingerprint density at radius 2 is 1.90 bits per heavy atom. The number of morpholine rings is 1. The molecule has 7 heteroatoms. The molecule has 1 N–H and O–H groups in total. The van der Waals surface area contributed by atoms with Crippen LogP contribution in [0.1, 0.15) is 51.3 Å². The van der Waals surface area contributed by atoms with E-state index in [1.165, 1.54) is 25.7 Å². The predicted octanol–water partition coefficient (Wildman–Crippen LogP) is 3.78. The molecule has 1 aromatic carbocycles. The molecule has 162 valence electrons. The molecule has 2 fully saturated rings. The average Bonchev–Trinajstić information content (AvgIpc) is 3.03. The molecule has 30 heavy (non-hydrogen) atoms. The van der Waals surface area contributed by atoms with Crippen LogP contribution in [0, 0.1) is 0 Å². The van der Waals surface area contributed by atoms with Gasteiger partial charge in [0.2, 0.25) is 5.91 Å². The monoisotopic (exact) mass is 428 g/mol. The summed E-state index contributed by atoms with van der Waals surface area (Å²) in [5, 5.41) is 5.00. The number of amides is 1. The van der Waals surface area contributed by atoms with Crippen molar-refractivity contribution in [3.8, 4) is 0 Å². The molecule has 0 radical (unpaired) electrons. The summed E-state index contributed by atoms with van der Waals surface area (Å²) < 4.78 is 5.45. The van der Waals surface area contributed by atoms with Gasteiger partial charge in [0.05, 0.1) is 30.5 Å². The van der Waals surface area contributed by atoms with Crippen LogP contribution >= 0.6 is 11.8 Å². The van der Waals surface area contributed by atoms with Crippen LogP contribution in [0.2, 0.25) is 0 Å². The van der Waals surface area contributed by atoms with Gasteiger partial charge in [-0.25, -0.2) is 9.97 Å². The second kappa shape index (κ2) is 10.6. The van der Waals surface area contributed by atoms with Gasteiger partial charge in [-0.15, -0.1) is 0 Å². The van der Waals surface area contributed by atoms with E-state index in [9.17, 15) is 4.79 Å². The Kier molecular flexibility index (Phi) is 7.57. The van der Waals surface area contributed by atoms with Crippen LogP contribution in [-0.2, 0) is 16.1 Å². The third-order valence-corrected chi connectivity index (χ3v) is 7.04. The maximum atomic E-state index is 12.9. The van der Waals surface area contributed by atoms with Crippen LogP contribution in [0.25, 0.3) is 10.9 Å². The summed E-state index contributed by atoms with van der Waals surface area (Å²) in [4.78, 5) is 24.8. The smallest absolute Gasteiger partial charge is 0.233 e. The number of ether oxygens (including phenoxy) is 1. The van der Waals surface area contributed by atoms with Gasteiger partial charge in [-0.1, -0.05) is 55.6 Å². The maximum Gasteiger partial charge on any atom is 0.233 e. The number of hydrogen-bond acceptors (Lipinski definition) is 6. The summed E-state index contributed by atoms with van der Waals surface area (Å²) in [6.07, 6.45) is 7.21. The van der Waals surface area contributed by atoms with Crippen molar-refractivity contribution in [3.05, 3.63) is 30.1 Å². The van der Waals surface area contributed by atoms with Crippen LogP contribution < -0.4 is 5.32 Å². The number of para-hydroxylation sites is 1. The second-order valence-electron chi connectivity index (χ2n) is 8.31. The Labute approximate surface area is 183 Å². The highest BCUT2D eigenvalue weighted by Gasteiger charge is 2.22. The summed E-state index contributed by atoms with van der Waals surface area (Å²) in [5.41, 5.74) is 0.939. The number of hydrogen-bond donors (Lipinski definition) is 1. The van der Waals surface area contributed by atoms with Crippen molar-refractivity contribution < 1.29 is 9.53 Å². The van der Waals surface area contributed by atoms with Crippen LogP contribution in [-0.4, -0.2) is 58.4 Å². The zero-order valence-electron chi connectivity index (χ0n) is 17.8. The summed E-state index contributed by atoms with van der Waals surface area (Å²) in [6, 6.07) is 8.41. The summed E-state index contributed by atoms with van der Waals surface area (Å²) >= 11 is 1.54. The van der Waals surface area contributed by atoms with Gasteiger partial charge in [0.25, 0.3) is 0 Å². The van der Waals surface area contributed by atoms with E-state index in [-0.39, 0.29) is 11.2 Å². The molecule has 1 aliphatic carbocycles. The van der Waals surface area contributed by atoms with E-state index >= 15 is 0 Å². The molecule has 0 bridgehead atoms. The fourth-order valence-electron chi connectivity index (χ4n) is 4.18. The molecule has 6 nitrogen and oxygen atoms in total. The Morgan fingerprint density at radius 3 is 2.67 bits per heavy atom. The molecule has 1 unspecified atom stereocenters. The minimum absolute atomic E-state index is 0.115. The zero-order chi connectivity index (χ0) is 20.8. The molecule has 1 amide bonds. The van der Waals surface area contributed by atoms with Crippen molar-refractivity contribution in [2.45, 2.75) is 68.3 Å². The lowest BCUT2D eigenvalue weighted by Gasteiger charge is -2.26. The Balaban J connectivity index is 1.47. The van der Waals surface area contributed by atoms with Crippen molar-refractivity contribution in [1.29, 1.82) is 0 Å². The van der Waals surface area contributed by atoms with Crippen molar-refractivity contribution in [1.82, 2.24) is 20.2 Å². The summed E-state index contributed by atoms with van der Waals surface area (Å²) in [6.45, 7) is 6.01. The van der Waals surface area contributed by atoms with Crippen molar-refractivity contribution in [2.75, 3.05) is 26.3 Å². The first-order valence-electron chi connectivity index (χ1n) is 11.2. The fraction of sp³-hybridized carbons (Fsp3) is 0.609. The number of carbonyl (C=O) groups excluding carboxylic acids is 1. The van der Waals surface area contributed by atoms with Crippen LogP contribution in [0.3, 0.4) is 0 Å². The molecule has 1 aliphatic heterocycles. The second-order valence-corrected chi connectivity index (χ2v) is 9.64. The van der Waals surface area contributed by atoms with Gasteiger partial charge in [-0.2, -0.15) is 0 Å². The standard InChI is InChI=1S/C23H32N4O2S/c1-17(22(28)24-18-8-4-2-3-5-9-18)30-23-19-10-6-7-11-20(19)25-21(26-23)16-27-12-14-29-15-13-27/h6-7,10-11,17-18H,2-5,8-9,12-16H2,1H3,(H,24,28). The molecule has 1 saturated carbocycles. The highest BCUT2D eigenvalue weighted by Crippen LogP contribution is 2.29. The molecule has 4 rings (SSSR count). The van der Waals surface area contributed by atoms with Gasteiger partial charge in [0, 0.05) is 24.5 Å². The van der Waals surface area contributed by atoms with E-state index < -0.39 is 0 Å². The largest absolute Gasteiger partial charge is 0.379 e. The van der Waals surface area contributed by atoms with E-state index in [1.54, 1.807) is 11.8 Å². The quantitative estimate of drug-likeness (QED) is 0.429. The first kappa shape index (κ1) is 21.5. The zero-order valence-corrected chi connectivity index (χ0v) is 18.6. The number of nitrogens with one attached hydrogen (secondary N) is 1. The highest BCUT2D eigenvalue weighted by molar-refractivity contribution is 8.00. The number of fused-ring (bicyclic) bond motifs is 1. The molecule has 2 heterocycles. The number of nitrogens with zero attached hydrogens (tertiary/aromatic N) is 3. The number of benzene rings is 1. The van der Waals surface area contributed by atoms with Gasteiger partial charge in [0.1, 0.15) is 10.9 Å². The van der Waals surface area contributed by atoms with Gasteiger partial charge in [0.15, 0.2) is 0 Å². The van der Waals surface area contributed by atoms with Gasteiger partial charge in [-0.05, 0) is 25.8 Å². The Hall–Kier alpha value is -1.70. The van der Waals surface area contributed by atoms with Gasteiger partial charge >= 0.3 is 0 Å². The van der Waals surface area contributed by atoms with Crippen LogP contribution in [0.4, 0.5) is 0 Å². The van der Waals surface area contributed by atoms with E-state index in [0.29, 0.717) is 12.6 Å². The molecule has 2 aromatic rings. The SMILES string of the molecule is CC(Sc1nc(CN2CCOCC2)nc2ccccc12)C(=O)NC1CCCCCC1. The predicted molar refractivity (Wildman–Crippen MR) is 121 cm³/mol. The van der Waals surface area contributed by atoms with Crippen molar-refractivity contribution in [2.24, 2.45) is 0 Å². The molecular formula is C23H32N4O2S. The molecule has 0 spiro atoms. The topological polar surface area (TPSA) is 67.3 Å². The number of thioether (sulfide) groups is 1. The molecule has 1 atom stereocenters. The number of aromatic nitrogens is 2. The van der Waals surface area contributed by atoms with Crippen LogP contribution in [0.15, 0.2) is 29.3 Å². The van der Waals surface area contributed by atoms with E-state index in [4.69, 9.17) is 14.7 Å². The lowest BCUT2D eigenvalue weighted by molar-refractivity contribution is -0.121. The maximum absolute atomic E-state index is 12.9.